The second kappa shape index (κ2) is 9.79. The molecule has 0 atom stereocenters. The van der Waals surface area contributed by atoms with Gasteiger partial charge in [-0.25, -0.2) is 0 Å². The topological polar surface area (TPSA) is 40.9 Å². The van der Waals surface area contributed by atoms with Crippen molar-refractivity contribution in [3.8, 4) is 0 Å². The molecule has 4 aromatic carbocycles. The number of benzene rings is 4. The van der Waals surface area contributed by atoms with E-state index >= 15 is 0 Å². The number of carbonyl (C=O) groups excluding carboxylic acids is 1. The van der Waals surface area contributed by atoms with Gasteiger partial charge in [0.05, 0.1) is 5.71 Å². The molecule has 2 heteroatoms. The molecule has 0 bridgehead atoms. The summed E-state index contributed by atoms with van der Waals surface area (Å²) in [6.07, 6.45) is 0. The van der Waals surface area contributed by atoms with Crippen LogP contribution in [0.15, 0.2) is 121 Å². The van der Waals surface area contributed by atoms with Crippen LogP contribution in [0.2, 0.25) is 0 Å². The van der Waals surface area contributed by atoms with Crippen LogP contribution >= 0.6 is 0 Å². The van der Waals surface area contributed by atoms with Gasteiger partial charge in [0.25, 0.3) is 0 Å². The minimum absolute atomic E-state index is 0.0752. The molecule has 136 valence electrons. The quantitative estimate of drug-likeness (QED) is 0.349. The molecule has 0 aromatic heterocycles. The second-order valence-corrected chi connectivity index (χ2v) is 6.17. The van der Waals surface area contributed by atoms with E-state index in [1.165, 1.54) is 0 Å². The molecular formula is C26H21NO. The highest BCUT2D eigenvalue weighted by Gasteiger charge is 2.06. The molecular weight excluding hydrogens is 342 g/mol. The molecule has 0 amide bonds. The van der Waals surface area contributed by atoms with Gasteiger partial charge in [-0.3, -0.25) is 10.2 Å². The second-order valence-electron chi connectivity index (χ2n) is 6.17. The Morgan fingerprint density at radius 1 is 0.429 bits per heavy atom. The van der Waals surface area contributed by atoms with E-state index in [0.29, 0.717) is 5.71 Å². The van der Waals surface area contributed by atoms with Crippen LogP contribution in [-0.2, 0) is 0 Å². The summed E-state index contributed by atoms with van der Waals surface area (Å²) in [5.41, 5.74) is 3.96. The Morgan fingerprint density at radius 2 is 0.679 bits per heavy atom. The average Bonchev–Trinajstić information content (AvgIpc) is 2.81. The number of rotatable bonds is 4. The van der Waals surface area contributed by atoms with Gasteiger partial charge in [-0.2, -0.15) is 0 Å². The van der Waals surface area contributed by atoms with E-state index in [2.05, 4.69) is 0 Å². The molecule has 1 N–H and O–H groups in total. The Bertz CT molecular complexity index is 841. The number of hydrogen-bond donors (Lipinski definition) is 1. The van der Waals surface area contributed by atoms with E-state index in [4.69, 9.17) is 5.41 Å². The van der Waals surface area contributed by atoms with Gasteiger partial charge in [0, 0.05) is 11.1 Å². The van der Waals surface area contributed by atoms with E-state index in [0.717, 1.165) is 22.3 Å². The van der Waals surface area contributed by atoms with Crippen LogP contribution in [0, 0.1) is 5.41 Å². The zero-order chi connectivity index (χ0) is 19.6. The number of hydrogen-bond acceptors (Lipinski definition) is 2. The van der Waals surface area contributed by atoms with Crippen molar-refractivity contribution in [3.63, 3.8) is 0 Å². The van der Waals surface area contributed by atoms with Crippen LogP contribution in [0.5, 0.6) is 0 Å². The lowest BCUT2D eigenvalue weighted by molar-refractivity contribution is 0.103. The molecule has 2 nitrogen and oxygen atoms in total. The van der Waals surface area contributed by atoms with Gasteiger partial charge in [-0.1, -0.05) is 121 Å². The standard InChI is InChI=1S/C13H11N.C13H10O/c2*14-13(11-7-3-1-4-8-11)12-9-5-2-6-10-12/h1-10,14H;1-10H. The maximum atomic E-state index is 11.8. The first-order valence-electron chi connectivity index (χ1n) is 9.10. The summed E-state index contributed by atoms with van der Waals surface area (Å²) >= 11 is 0. The highest BCUT2D eigenvalue weighted by Crippen LogP contribution is 2.09. The van der Waals surface area contributed by atoms with Crippen LogP contribution < -0.4 is 0 Å². The van der Waals surface area contributed by atoms with E-state index in [1.807, 2.05) is 121 Å². The first-order valence-corrected chi connectivity index (χ1v) is 9.10. The van der Waals surface area contributed by atoms with Crippen LogP contribution in [0.3, 0.4) is 0 Å². The Balaban J connectivity index is 0.000000161. The normalized spacial score (nSPS) is 9.71. The van der Waals surface area contributed by atoms with E-state index in [-0.39, 0.29) is 5.78 Å². The molecule has 0 fully saturated rings. The zero-order valence-corrected chi connectivity index (χ0v) is 15.5. The van der Waals surface area contributed by atoms with Crippen LogP contribution in [0.4, 0.5) is 0 Å². The molecule has 0 radical (unpaired) electrons. The fourth-order valence-electron chi connectivity index (χ4n) is 2.72. The van der Waals surface area contributed by atoms with Crippen molar-refractivity contribution in [1.29, 1.82) is 5.41 Å². The predicted molar refractivity (Wildman–Crippen MR) is 115 cm³/mol. The summed E-state index contributed by atoms with van der Waals surface area (Å²) in [6.45, 7) is 0. The van der Waals surface area contributed by atoms with Crippen molar-refractivity contribution in [3.05, 3.63) is 144 Å². The summed E-state index contributed by atoms with van der Waals surface area (Å²) in [7, 11) is 0. The molecule has 0 heterocycles. The summed E-state index contributed by atoms with van der Waals surface area (Å²) in [5.74, 6) is 0.0752. The van der Waals surface area contributed by atoms with Gasteiger partial charge < -0.3 is 0 Å². The predicted octanol–water partition coefficient (Wildman–Crippen LogP) is 6.02. The summed E-state index contributed by atoms with van der Waals surface area (Å²) in [6, 6.07) is 38.1. The minimum Gasteiger partial charge on any atom is -0.300 e. The van der Waals surface area contributed by atoms with Crippen LogP contribution in [-0.4, -0.2) is 11.5 Å². The summed E-state index contributed by atoms with van der Waals surface area (Å²) in [5, 5.41) is 7.97. The molecule has 0 aliphatic heterocycles. The highest BCUT2D eigenvalue weighted by molar-refractivity contribution is 6.10. The maximum absolute atomic E-state index is 11.8. The van der Waals surface area contributed by atoms with Crippen molar-refractivity contribution in [2.75, 3.05) is 0 Å². The molecule has 0 aliphatic rings. The van der Waals surface area contributed by atoms with Gasteiger partial charge >= 0.3 is 0 Å². The fraction of sp³-hybridized carbons (Fsp3) is 0. The van der Waals surface area contributed by atoms with Gasteiger partial charge in [0.15, 0.2) is 5.78 Å². The lowest BCUT2D eigenvalue weighted by Gasteiger charge is -2.02. The number of nitrogens with one attached hydrogen (secondary N) is 1. The lowest BCUT2D eigenvalue weighted by atomic mass is 10.0. The molecule has 0 spiro atoms. The smallest absolute Gasteiger partial charge is 0.193 e. The summed E-state index contributed by atoms with van der Waals surface area (Å²) < 4.78 is 0. The Hall–Kier alpha value is -3.78. The molecule has 4 rings (SSSR count). The van der Waals surface area contributed by atoms with Crippen molar-refractivity contribution < 1.29 is 4.79 Å². The molecule has 4 aromatic rings. The third-order valence-corrected chi connectivity index (χ3v) is 4.20. The number of carbonyl (C=O) groups is 1. The Morgan fingerprint density at radius 3 is 0.964 bits per heavy atom. The van der Waals surface area contributed by atoms with Crippen molar-refractivity contribution >= 4 is 11.5 Å². The van der Waals surface area contributed by atoms with E-state index in [9.17, 15) is 4.79 Å². The average molecular weight is 363 g/mol. The third kappa shape index (κ3) is 5.12. The van der Waals surface area contributed by atoms with Crippen molar-refractivity contribution in [1.82, 2.24) is 0 Å². The maximum Gasteiger partial charge on any atom is 0.193 e. The van der Waals surface area contributed by atoms with E-state index in [1.54, 1.807) is 0 Å². The summed E-state index contributed by atoms with van der Waals surface area (Å²) in [4.78, 5) is 11.8. The molecule has 28 heavy (non-hydrogen) atoms. The van der Waals surface area contributed by atoms with Gasteiger partial charge in [-0.05, 0) is 11.1 Å². The van der Waals surface area contributed by atoms with Crippen molar-refractivity contribution in [2.45, 2.75) is 0 Å². The molecule has 0 aliphatic carbocycles. The van der Waals surface area contributed by atoms with E-state index < -0.39 is 0 Å². The third-order valence-electron chi connectivity index (χ3n) is 4.20. The van der Waals surface area contributed by atoms with Gasteiger partial charge in [0.1, 0.15) is 0 Å². The first kappa shape index (κ1) is 19.0. The number of ketones is 1. The molecule has 0 saturated carbocycles. The Kier molecular flexibility index (Phi) is 6.64. The highest BCUT2D eigenvalue weighted by atomic mass is 16.1. The van der Waals surface area contributed by atoms with Crippen molar-refractivity contribution in [2.24, 2.45) is 0 Å². The van der Waals surface area contributed by atoms with Gasteiger partial charge in [0.2, 0.25) is 0 Å². The molecule has 0 unspecified atom stereocenters. The molecule has 0 saturated heterocycles. The zero-order valence-electron chi connectivity index (χ0n) is 15.5. The van der Waals surface area contributed by atoms with Crippen LogP contribution in [0.1, 0.15) is 27.0 Å². The SMILES string of the molecule is N=C(c1ccccc1)c1ccccc1.O=C(c1ccccc1)c1ccccc1. The first-order chi connectivity index (χ1) is 13.8. The van der Waals surface area contributed by atoms with Gasteiger partial charge in [-0.15, -0.1) is 0 Å². The fourth-order valence-corrected chi connectivity index (χ4v) is 2.72. The Labute approximate surface area is 165 Å². The minimum atomic E-state index is 0.0752. The van der Waals surface area contributed by atoms with Crippen LogP contribution in [0.25, 0.3) is 0 Å². The largest absolute Gasteiger partial charge is 0.300 e. The lowest BCUT2D eigenvalue weighted by Crippen LogP contribution is -1.99. The monoisotopic (exact) mass is 363 g/mol.